The van der Waals surface area contributed by atoms with Crippen LogP contribution in [0.4, 0.5) is 0 Å². The van der Waals surface area contributed by atoms with Gasteiger partial charge in [0.1, 0.15) is 17.1 Å². The average Bonchev–Trinajstić information content (AvgIpc) is 2.75. The maximum atomic E-state index is 5.91. The Morgan fingerprint density at radius 3 is 2.63 bits per heavy atom. The number of halogens is 1. The van der Waals surface area contributed by atoms with Crippen molar-refractivity contribution in [2.75, 3.05) is 13.0 Å². The summed E-state index contributed by atoms with van der Waals surface area (Å²) in [6.07, 6.45) is 0.774. The predicted molar refractivity (Wildman–Crippen MR) is 80.3 cm³/mol. The highest BCUT2D eigenvalue weighted by Gasteiger charge is 2.19. The number of hydrogen-bond acceptors (Lipinski definition) is 2. The van der Waals surface area contributed by atoms with E-state index in [0.29, 0.717) is 17.8 Å². The summed E-state index contributed by atoms with van der Waals surface area (Å²) < 4.78 is 7.70. The van der Waals surface area contributed by atoms with E-state index in [2.05, 4.69) is 31.4 Å². The summed E-state index contributed by atoms with van der Waals surface area (Å²) in [5.74, 6) is 2.98. The van der Waals surface area contributed by atoms with Gasteiger partial charge in [-0.25, -0.2) is 4.98 Å². The molecule has 0 radical (unpaired) electrons. The predicted octanol–water partition coefficient (Wildman–Crippen LogP) is 4.04. The first-order chi connectivity index (χ1) is 9.10. The molecule has 0 saturated heterocycles. The van der Waals surface area contributed by atoms with Gasteiger partial charge in [-0.2, -0.15) is 0 Å². The molecule has 3 nitrogen and oxygen atoms in total. The summed E-state index contributed by atoms with van der Waals surface area (Å²) >= 11 is 5.91. The van der Waals surface area contributed by atoms with Crippen molar-refractivity contribution in [3.63, 3.8) is 0 Å². The summed E-state index contributed by atoms with van der Waals surface area (Å²) in [7, 11) is 1.68. The van der Waals surface area contributed by atoms with E-state index in [1.54, 1.807) is 7.11 Å². The molecular formula is C15H21ClN2O. The lowest BCUT2D eigenvalue weighted by atomic mass is 10.1. The number of alkyl halides is 1. The van der Waals surface area contributed by atoms with Crippen LogP contribution >= 0.6 is 11.6 Å². The first-order valence-electron chi connectivity index (χ1n) is 6.70. The molecule has 0 spiro atoms. The standard InChI is InChI=1S/C15H21ClN2O/c1-10(2)11(3)18-12-6-5-7-13(19-4)15(12)17-14(18)8-9-16/h5-7,10-11H,8-9H2,1-4H3. The van der Waals surface area contributed by atoms with Crippen LogP contribution in [0.1, 0.15) is 32.6 Å². The first kappa shape index (κ1) is 14.2. The lowest BCUT2D eigenvalue weighted by Gasteiger charge is -2.21. The van der Waals surface area contributed by atoms with Crippen molar-refractivity contribution in [3.8, 4) is 5.75 Å². The van der Waals surface area contributed by atoms with Crippen LogP contribution < -0.4 is 4.74 Å². The van der Waals surface area contributed by atoms with E-state index >= 15 is 0 Å². The monoisotopic (exact) mass is 280 g/mol. The molecule has 4 heteroatoms. The van der Waals surface area contributed by atoms with Gasteiger partial charge in [0.2, 0.25) is 0 Å². The summed E-state index contributed by atoms with van der Waals surface area (Å²) in [5, 5.41) is 0. The second-order valence-electron chi connectivity index (χ2n) is 5.15. The molecule has 1 unspecified atom stereocenters. The number of aromatic nitrogens is 2. The second-order valence-corrected chi connectivity index (χ2v) is 5.53. The number of aryl methyl sites for hydroxylation is 1. The van der Waals surface area contributed by atoms with Crippen LogP contribution in [0.25, 0.3) is 11.0 Å². The number of rotatable bonds is 5. The molecule has 0 aliphatic heterocycles. The Morgan fingerprint density at radius 1 is 1.32 bits per heavy atom. The van der Waals surface area contributed by atoms with Gasteiger partial charge in [0.25, 0.3) is 0 Å². The number of methoxy groups -OCH3 is 1. The quantitative estimate of drug-likeness (QED) is 0.773. The summed E-state index contributed by atoms with van der Waals surface area (Å²) in [6.45, 7) is 6.67. The maximum Gasteiger partial charge on any atom is 0.146 e. The minimum atomic E-state index is 0.385. The smallest absolute Gasteiger partial charge is 0.146 e. The Morgan fingerprint density at radius 2 is 2.05 bits per heavy atom. The third-order valence-corrected chi connectivity index (χ3v) is 3.86. The number of benzene rings is 1. The van der Waals surface area contributed by atoms with Crippen LogP contribution in [0, 0.1) is 5.92 Å². The van der Waals surface area contributed by atoms with Gasteiger partial charge in [-0.1, -0.05) is 19.9 Å². The number of ether oxygens (including phenoxy) is 1. The summed E-state index contributed by atoms with van der Waals surface area (Å²) in [4.78, 5) is 4.73. The molecule has 0 fully saturated rings. The van der Waals surface area contributed by atoms with E-state index in [9.17, 15) is 0 Å². The zero-order valence-electron chi connectivity index (χ0n) is 12.0. The van der Waals surface area contributed by atoms with Gasteiger partial charge >= 0.3 is 0 Å². The fourth-order valence-electron chi connectivity index (χ4n) is 2.32. The molecule has 19 heavy (non-hydrogen) atoms. The lowest BCUT2D eigenvalue weighted by molar-refractivity contribution is 0.406. The molecular weight excluding hydrogens is 260 g/mol. The molecule has 0 amide bonds. The van der Waals surface area contributed by atoms with Gasteiger partial charge in [-0.3, -0.25) is 0 Å². The molecule has 2 aromatic rings. The highest BCUT2D eigenvalue weighted by molar-refractivity contribution is 6.17. The molecule has 1 aromatic heterocycles. The van der Waals surface area contributed by atoms with Gasteiger partial charge in [0.15, 0.2) is 0 Å². The Kier molecular flexibility index (Phi) is 4.35. The third-order valence-electron chi connectivity index (χ3n) is 3.67. The lowest BCUT2D eigenvalue weighted by Crippen LogP contribution is -2.14. The number of para-hydroxylation sites is 1. The zero-order chi connectivity index (χ0) is 14.0. The summed E-state index contributed by atoms with van der Waals surface area (Å²) in [5.41, 5.74) is 2.05. The molecule has 0 saturated carbocycles. The second kappa shape index (κ2) is 5.83. The van der Waals surface area contributed by atoms with Gasteiger partial charge < -0.3 is 9.30 Å². The van der Waals surface area contributed by atoms with Crippen LogP contribution in [0.2, 0.25) is 0 Å². The van der Waals surface area contributed by atoms with Crippen molar-refractivity contribution >= 4 is 22.6 Å². The maximum absolute atomic E-state index is 5.91. The van der Waals surface area contributed by atoms with Crippen LogP contribution in [-0.4, -0.2) is 22.5 Å². The SMILES string of the molecule is COc1cccc2c1nc(CCCl)n2C(C)C(C)C. The number of nitrogens with zero attached hydrogens (tertiary/aromatic N) is 2. The van der Waals surface area contributed by atoms with E-state index in [-0.39, 0.29) is 0 Å². The number of imidazole rings is 1. The van der Waals surface area contributed by atoms with Crippen LogP contribution in [-0.2, 0) is 6.42 Å². The molecule has 0 aliphatic rings. The van der Waals surface area contributed by atoms with Crippen molar-refractivity contribution in [2.24, 2.45) is 5.92 Å². The highest BCUT2D eigenvalue weighted by atomic mass is 35.5. The Balaban J connectivity index is 2.67. The highest BCUT2D eigenvalue weighted by Crippen LogP contribution is 2.31. The van der Waals surface area contributed by atoms with Crippen molar-refractivity contribution < 1.29 is 4.74 Å². The third kappa shape index (κ3) is 2.57. The van der Waals surface area contributed by atoms with Gasteiger partial charge in [-0.15, -0.1) is 11.6 Å². The fraction of sp³-hybridized carbons (Fsp3) is 0.533. The number of hydrogen-bond donors (Lipinski definition) is 0. The molecule has 0 aliphatic carbocycles. The van der Waals surface area contributed by atoms with Crippen molar-refractivity contribution in [2.45, 2.75) is 33.2 Å². The van der Waals surface area contributed by atoms with Crippen molar-refractivity contribution in [1.82, 2.24) is 9.55 Å². The van der Waals surface area contributed by atoms with E-state index in [0.717, 1.165) is 29.0 Å². The van der Waals surface area contributed by atoms with Gasteiger partial charge in [-0.05, 0) is 25.0 Å². The topological polar surface area (TPSA) is 27.1 Å². The van der Waals surface area contributed by atoms with E-state index in [1.807, 2.05) is 12.1 Å². The molecule has 0 bridgehead atoms. The molecule has 1 heterocycles. The van der Waals surface area contributed by atoms with Crippen molar-refractivity contribution in [3.05, 3.63) is 24.0 Å². The Labute approximate surface area is 119 Å². The Bertz CT molecular complexity index is 563. The minimum absolute atomic E-state index is 0.385. The Hall–Kier alpha value is -1.22. The first-order valence-corrected chi connectivity index (χ1v) is 7.23. The fourth-order valence-corrected chi connectivity index (χ4v) is 2.49. The minimum Gasteiger partial charge on any atom is -0.494 e. The molecule has 0 N–H and O–H groups in total. The van der Waals surface area contributed by atoms with Crippen molar-refractivity contribution in [1.29, 1.82) is 0 Å². The zero-order valence-corrected chi connectivity index (χ0v) is 12.7. The summed E-state index contributed by atoms with van der Waals surface area (Å²) in [6, 6.07) is 6.44. The van der Waals surface area contributed by atoms with Crippen LogP contribution in [0.3, 0.4) is 0 Å². The van der Waals surface area contributed by atoms with E-state index < -0.39 is 0 Å². The van der Waals surface area contributed by atoms with E-state index in [4.69, 9.17) is 21.3 Å². The number of fused-ring (bicyclic) bond motifs is 1. The van der Waals surface area contributed by atoms with E-state index in [1.165, 1.54) is 0 Å². The molecule has 104 valence electrons. The molecule has 1 aromatic carbocycles. The van der Waals surface area contributed by atoms with Crippen LogP contribution in [0.15, 0.2) is 18.2 Å². The van der Waals surface area contributed by atoms with Gasteiger partial charge in [0.05, 0.1) is 12.6 Å². The normalized spacial score (nSPS) is 13.2. The molecule has 1 atom stereocenters. The van der Waals surface area contributed by atoms with Gasteiger partial charge in [0, 0.05) is 18.3 Å². The molecule has 2 rings (SSSR count). The largest absolute Gasteiger partial charge is 0.494 e. The van der Waals surface area contributed by atoms with Crippen LogP contribution in [0.5, 0.6) is 5.75 Å². The average molecular weight is 281 g/mol.